The third kappa shape index (κ3) is 3.31. The van der Waals surface area contributed by atoms with Crippen molar-refractivity contribution < 1.29 is 5.11 Å². The maximum Gasteiger partial charge on any atom is 0.0515 e. The van der Waals surface area contributed by atoms with E-state index >= 15 is 0 Å². The Balaban J connectivity index is 2.55. The van der Waals surface area contributed by atoms with Crippen LogP contribution in [-0.2, 0) is 6.42 Å². The van der Waals surface area contributed by atoms with E-state index in [4.69, 9.17) is 11.5 Å². The first-order valence-corrected chi connectivity index (χ1v) is 4.46. The van der Waals surface area contributed by atoms with Crippen LogP contribution in [0.2, 0.25) is 0 Å². The molecule has 0 aliphatic heterocycles. The van der Waals surface area contributed by atoms with Crippen molar-refractivity contribution in [3.63, 3.8) is 0 Å². The van der Waals surface area contributed by atoms with E-state index in [1.165, 1.54) is 5.56 Å². The van der Waals surface area contributed by atoms with Crippen LogP contribution in [0.5, 0.6) is 0 Å². The van der Waals surface area contributed by atoms with Gasteiger partial charge >= 0.3 is 0 Å². The molecule has 1 heteroatoms. The molecule has 0 unspecified atom stereocenters. The highest BCUT2D eigenvalue weighted by atomic mass is 16.3. The fourth-order valence-corrected chi connectivity index (χ4v) is 1.14. The Morgan fingerprint density at radius 2 is 2.00 bits per heavy atom. The topological polar surface area (TPSA) is 20.2 Å². The zero-order valence-corrected chi connectivity index (χ0v) is 7.83. The monoisotopic (exact) mass is 174 g/mol. The van der Waals surface area contributed by atoms with E-state index in [9.17, 15) is 0 Å². The Hall–Kier alpha value is -1.26. The van der Waals surface area contributed by atoms with Gasteiger partial charge in [0, 0.05) is 5.56 Å². The molecule has 0 radical (unpaired) electrons. The zero-order valence-electron chi connectivity index (χ0n) is 7.83. The molecule has 1 nitrogen and oxygen atoms in total. The van der Waals surface area contributed by atoms with E-state index in [1.54, 1.807) is 6.92 Å². The fourth-order valence-electron chi connectivity index (χ4n) is 1.14. The van der Waals surface area contributed by atoms with Gasteiger partial charge in [0.15, 0.2) is 0 Å². The summed E-state index contributed by atoms with van der Waals surface area (Å²) in [4.78, 5) is 0. The SMILES string of the molecule is C#Cc1ccc(CC[C@@H](C)O)cc1. The summed E-state index contributed by atoms with van der Waals surface area (Å²) in [7, 11) is 0. The van der Waals surface area contributed by atoms with Gasteiger partial charge in [-0.3, -0.25) is 0 Å². The highest BCUT2D eigenvalue weighted by molar-refractivity contribution is 5.34. The highest BCUT2D eigenvalue weighted by Gasteiger charge is 1.97. The van der Waals surface area contributed by atoms with Gasteiger partial charge in [-0.25, -0.2) is 0 Å². The lowest BCUT2D eigenvalue weighted by Gasteiger charge is -2.03. The smallest absolute Gasteiger partial charge is 0.0515 e. The second-order valence-electron chi connectivity index (χ2n) is 3.23. The predicted molar refractivity (Wildman–Crippen MR) is 54.4 cm³/mol. The number of aliphatic hydroxyl groups is 1. The number of aryl methyl sites for hydroxylation is 1. The first-order chi connectivity index (χ1) is 6.22. The van der Waals surface area contributed by atoms with Crippen molar-refractivity contribution in [1.29, 1.82) is 0 Å². The molecule has 0 aromatic heterocycles. The predicted octanol–water partition coefficient (Wildman–Crippen LogP) is 1.98. The summed E-state index contributed by atoms with van der Waals surface area (Å²) < 4.78 is 0. The molecule has 0 aliphatic rings. The van der Waals surface area contributed by atoms with Crippen LogP contribution in [-0.4, -0.2) is 11.2 Å². The van der Waals surface area contributed by atoms with Crippen LogP contribution in [0.1, 0.15) is 24.5 Å². The second-order valence-corrected chi connectivity index (χ2v) is 3.23. The van der Waals surface area contributed by atoms with Crippen molar-refractivity contribution in [2.24, 2.45) is 0 Å². The van der Waals surface area contributed by atoms with Crippen LogP contribution in [0.25, 0.3) is 0 Å². The summed E-state index contributed by atoms with van der Waals surface area (Å²) >= 11 is 0. The molecule has 1 rings (SSSR count). The lowest BCUT2D eigenvalue weighted by Crippen LogP contribution is -2.01. The van der Waals surface area contributed by atoms with Gasteiger partial charge in [0.25, 0.3) is 0 Å². The van der Waals surface area contributed by atoms with E-state index in [-0.39, 0.29) is 6.10 Å². The van der Waals surface area contributed by atoms with Crippen molar-refractivity contribution >= 4 is 0 Å². The standard InChI is InChI=1S/C12H14O/c1-3-11-6-8-12(9-7-11)5-4-10(2)13/h1,6-10,13H,4-5H2,2H3/t10-/m1/s1. The Bertz CT molecular complexity index is 290. The number of rotatable bonds is 3. The second kappa shape index (κ2) is 4.69. The van der Waals surface area contributed by atoms with Gasteiger partial charge in [-0.05, 0) is 37.5 Å². The largest absolute Gasteiger partial charge is 0.393 e. The van der Waals surface area contributed by atoms with Crippen molar-refractivity contribution in [1.82, 2.24) is 0 Å². The van der Waals surface area contributed by atoms with E-state index in [2.05, 4.69) is 5.92 Å². The average molecular weight is 174 g/mol. The molecule has 0 heterocycles. The molecule has 1 aromatic rings. The normalized spacial score (nSPS) is 12.1. The zero-order chi connectivity index (χ0) is 9.68. The third-order valence-electron chi connectivity index (χ3n) is 1.97. The van der Waals surface area contributed by atoms with Gasteiger partial charge in [0.05, 0.1) is 6.10 Å². The van der Waals surface area contributed by atoms with Crippen molar-refractivity contribution in [3.8, 4) is 12.3 Å². The van der Waals surface area contributed by atoms with Gasteiger partial charge in [0.2, 0.25) is 0 Å². The summed E-state index contributed by atoms with van der Waals surface area (Å²) in [6, 6.07) is 7.88. The van der Waals surface area contributed by atoms with E-state index in [1.807, 2.05) is 24.3 Å². The molecule has 0 amide bonds. The molecule has 68 valence electrons. The maximum atomic E-state index is 9.08. The van der Waals surface area contributed by atoms with Crippen molar-refractivity contribution in [2.45, 2.75) is 25.9 Å². The molecule has 0 saturated heterocycles. The minimum Gasteiger partial charge on any atom is -0.393 e. The molecule has 0 fully saturated rings. The number of hydrogen-bond donors (Lipinski definition) is 1. The van der Waals surface area contributed by atoms with E-state index < -0.39 is 0 Å². The quantitative estimate of drug-likeness (QED) is 0.695. The van der Waals surface area contributed by atoms with Gasteiger partial charge < -0.3 is 5.11 Å². The Morgan fingerprint density at radius 1 is 1.38 bits per heavy atom. The van der Waals surface area contributed by atoms with Crippen molar-refractivity contribution in [3.05, 3.63) is 35.4 Å². The summed E-state index contributed by atoms with van der Waals surface area (Å²) in [5.74, 6) is 2.57. The van der Waals surface area contributed by atoms with Crippen LogP contribution in [0.4, 0.5) is 0 Å². The molecule has 1 atom stereocenters. The summed E-state index contributed by atoms with van der Waals surface area (Å²) in [6.07, 6.45) is 6.71. The molecule has 0 spiro atoms. The van der Waals surface area contributed by atoms with E-state index in [0.29, 0.717) is 0 Å². The Morgan fingerprint density at radius 3 is 2.46 bits per heavy atom. The summed E-state index contributed by atoms with van der Waals surface area (Å²) in [5.41, 5.74) is 2.13. The molecule has 13 heavy (non-hydrogen) atoms. The van der Waals surface area contributed by atoms with E-state index in [0.717, 1.165) is 18.4 Å². The lowest BCUT2D eigenvalue weighted by molar-refractivity contribution is 0.185. The minimum absolute atomic E-state index is 0.229. The lowest BCUT2D eigenvalue weighted by atomic mass is 10.1. The molecule has 1 aromatic carbocycles. The van der Waals surface area contributed by atoms with Crippen LogP contribution in [0, 0.1) is 12.3 Å². The van der Waals surface area contributed by atoms with Crippen LogP contribution < -0.4 is 0 Å². The third-order valence-corrected chi connectivity index (χ3v) is 1.97. The van der Waals surface area contributed by atoms with Gasteiger partial charge in [-0.1, -0.05) is 18.1 Å². The molecule has 0 bridgehead atoms. The molecule has 0 saturated carbocycles. The van der Waals surface area contributed by atoms with Crippen molar-refractivity contribution in [2.75, 3.05) is 0 Å². The first kappa shape index (κ1) is 9.83. The van der Waals surface area contributed by atoms with Crippen LogP contribution in [0.15, 0.2) is 24.3 Å². The number of aliphatic hydroxyl groups excluding tert-OH is 1. The first-order valence-electron chi connectivity index (χ1n) is 4.46. The maximum absolute atomic E-state index is 9.08. The number of hydrogen-bond acceptors (Lipinski definition) is 1. The number of terminal acetylenes is 1. The minimum atomic E-state index is -0.229. The highest BCUT2D eigenvalue weighted by Crippen LogP contribution is 2.07. The fraction of sp³-hybridized carbons (Fsp3) is 0.333. The van der Waals surface area contributed by atoms with Gasteiger partial charge in [-0.2, -0.15) is 0 Å². The average Bonchev–Trinajstić information content (AvgIpc) is 2.15. The van der Waals surface area contributed by atoms with Gasteiger partial charge in [-0.15, -0.1) is 6.42 Å². The number of benzene rings is 1. The Labute approximate surface area is 79.4 Å². The molecular weight excluding hydrogens is 160 g/mol. The molecule has 0 aliphatic carbocycles. The Kier molecular flexibility index (Phi) is 3.54. The van der Waals surface area contributed by atoms with Crippen LogP contribution in [0.3, 0.4) is 0 Å². The molecule has 1 N–H and O–H groups in total. The molecular formula is C12H14O. The van der Waals surface area contributed by atoms with Crippen LogP contribution >= 0.6 is 0 Å². The summed E-state index contributed by atoms with van der Waals surface area (Å²) in [5, 5.41) is 9.08. The summed E-state index contributed by atoms with van der Waals surface area (Å²) in [6.45, 7) is 1.80. The van der Waals surface area contributed by atoms with Gasteiger partial charge in [0.1, 0.15) is 0 Å².